The number of ether oxygens (including phenoxy) is 1. The zero-order chi connectivity index (χ0) is 77.4. The van der Waals surface area contributed by atoms with Gasteiger partial charge < -0.3 is 4.74 Å². The van der Waals surface area contributed by atoms with Crippen molar-refractivity contribution in [1.29, 1.82) is 0 Å². The molecule has 0 amide bonds. The van der Waals surface area contributed by atoms with Gasteiger partial charge in [-0.25, -0.2) is 29.9 Å². The van der Waals surface area contributed by atoms with Crippen LogP contribution >= 0.6 is 7.92 Å². The minimum absolute atomic E-state index is 0.500. The quantitative estimate of drug-likeness (QED) is 0.0704. The van der Waals surface area contributed by atoms with E-state index in [1.54, 1.807) is 7.11 Å². The number of hydrogen-bond donors (Lipinski definition) is 0. The van der Waals surface area contributed by atoms with Gasteiger partial charge in [-0.1, -0.05) is 375 Å². The maximum Gasteiger partial charge on any atom is 0.120 e. The van der Waals surface area contributed by atoms with Gasteiger partial charge >= 0.3 is 0 Å². The van der Waals surface area contributed by atoms with E-state index in [-0.39, 0.29) is 0 Å². The fourth-order valence-corrected chi connectivity index (χ4v) is 20.6. The summed E-state index contributed by atoms with van der Waals surface area (Å²) in [5.74, 6) is 0.757. The Bertz CT molecular complexity index is 6690. The van der Waals surface area contributed by atoms with Gasteiger partial charge in [0.2, 0.25) is 0 Å². The molecular weight excluding hydrogens is 1420 g/mol. The molecular formula is C103H85N6OPSi2. The first-order valence-electron chi connectivity index (χ1n) is 38.9. The van der Waals surface area contributed by atoms with Crippen LogP contribution in [0.2, 0.25) is 39.3 Å². The van der Waals surface area contributed by atoms with Gasteiger partial charge in [0.1, 0.15) is 34.0 Å². The lowest BCUT2D eigenvalue weighted by Crippen LogP contribution is -2.37. The lowest BCUT2D eigenvalue weighted by Gasteiger charge is -2.24. The Labute approximate surface area is 664 Å². The number of hydrogen-bond acceptors (Lipinski definition) is 7. The molecule has 0 fully saturated rings. The lowest BCUT2D eigenvalue weighted by atomic mass is 9.87. The third kappa shape index (κ3) is 13.6. The SMILES string of the molecule is COc1ccc2cccc(-c3c(-c4nc5c(-c6ccc(C)cc6)ccc(-c6ccc(C)cc6)c5nc4-c4nc5c(-c6ccc([Si](C)(C)C)cc6)ccc(-c6ccc([Si](C)(C)C)cc6)c5nc4-c4nc5c(-c6ccc(C)cc6)ccc(-c6ccc(C)cc6)c5nc4P(c4ccccc4)c4ccccc4)ccc4ccccc34)c2c1. The third-order valence-corrected chi connectivity index (χ3v) is 28.8. The van der Waals surface area contributed by atoms with Crippen LogP contribution in [-0.2, 0) is 0 Å². The van der Waals surface area contributed by atoms with Crippen molar-refractivity contribution in [2.75, 3.05) is 7.11 Å². The molecule has 0 saturated carbocycles. The smallest absolute Gasteiger partial charge is 0.120 e. The van der Waals surface area contributed by atoms with Crippen molar-refractivity contribution in [3.63, 3.8) is 0 Å². The highest BCUT2D eigenvalue weighted by Gasteiger charge is 2.34. The van der Waals surface area contributed by atoms with E-state index in [9.17, 15) is 0 Å². The van der Waals surface area contributed by atoms with Crippen LogP contribution in [0.1, 0.15) is 22.3 Å². The average molecular weight is 1510 g/mol. The third-order valence-electron chi connectivity index (χ3n) is 22.3. The number of rotatable bonds is 16. The monoisotopic (exact) mass is 1510 g/mol. The zero-order valence-corrected chi connectivity index (χ0v) is 68.5. The number of benzene rings is 15. The topological polar surface area (TPSA) is 86.6 Å². The molecule has 3 aromatic heterocycles. The van der Waals surface area contributed by atoms with Crippen molar-refractivity contribution in [3.8, 4) is 118 Å². The highest BCUT2D eigenvalue weighted by atomic mass is 31.1. The average Bonchev–Trinajstić information content (AvgIpc) is 0.718. The molecule has 0 atom stereocenters. The summed E-state index contributed by atoms with van der Waals surface area (Å²) in [6.45, 7) is 23.0. The first-order valence-corrected chi connectivity index (χ1v) is 47.3. The van der Waals surface area contributed by atoms with Crippen LogP contribution in [0.5, 0.6) is 5.75 Å². The molecule has 0 unspecified atom stereocenters. The molecule has 0 N–H and O–H groups in total. The van der Waals surface area contributed by atoms with Gasteiger partial charge in [-0.3, -0.25) is 0 Å². The molecule has 0 saturated heterocycles. The van der Waals surface area contributed by atoms with E-state index in [2.05, 4.69) is 376 Å². The Morgan fingerprint density at radius 1 is 0.257 bits per heavy atom. The summed E-state index contributed by atoms with van der Waals surface area (Å²) < 4.78 is 6.10. The van der Waals surface area contributed by atoms with E-state index < -0.39 is 24.1 Å². The van der Waals surface area contributed by atoms with Crippen LogP contribution in [-0.4, -0.2) is 53.2 Å². The summed E-state index contributed by atoms with van der Waals surface area (Å²) in [6.07, 6.45) is 0. The van der Waals surface area contributed by atoms with E-state index in [0.29, 0.717) is 45.0 Å². The van der Waals surface area contributed by atoms with Gasteiger partial charge in [0.25, 0.3) is 0 Å². The number of methoxy groups -OCH3 is 1. The second-order valence-corrected chi connectivity index (χ2v) is 44.3. The summed E-state index contributed by atoms with van der Waals surface area (Å²) in [7, 11) is -3.36. The molecule has 18 rings (SSSR count). The van der Waals surface area contributed by atoms with Crippen LogP contribution in [0.3, 0.4) is 0 Å². The Morgan fingerprint density at radius 2 is 0.575 bits per heavy atom. The van der Waals surface area contributed by atoms with Crippen molar-refractivity contribution >= 4 is 105 Å². The van der Waals surface area contributed by atoms with E-state index in [1.807, 2.05) is 6.07 Å². The van der Waals surface area contributed by atoms with Crippen molar-refractivity contribution in [2.24, 2.45) is 0 Å². The molecule has 7 nitrogen and oxygen atoms in total. The summed E-state index contributed by atoms with van der Waals surface area (Å²) in [4.78, 5) is 38.6. The predicted molar refractivity (Wildman–Crippen MR) is 485 cm³/mol. The van der Waals surface area contributed by atoms with Crippen LogP contribution in [0.15, 0.2) is 315 Å². The number of fused-ring (bicyclic) bond motifs is 5. The fourth-order valence-electron chi connectivity index (χ4n) is 15.9. The molecule has 0 aliphatic heterocycles. The Kier molecular flexibility index (Phi) is 18.7. The van der Waals surface area contributed by atoms with Gasteiger partial charge in [-0.2, -0.15) is 0 Å². The molecule has 0 radical (unpaired) electrons. The van der Waals surface area contributed by atoms with E-state index in [0.717, 1.165) is 160 Å². The summed E-state index contributed by atoms with van der Waals surface area (Å²) in [5.41, 5.74) is 27.2. The maximum absolute atomic E-state index is 6.51. The van der Waals surface area contributed by atoms with Crippen LogP contribution in [0.25, 0.3) is 167 Å². The van der Waals surface area contributed by atoms with Gasteiger partial charge in [0.05, 0.1) is 62.1 Å². The highest BCUT2D eigenvalue weighted by Crippen LogP contribution is 2.50. The molecule has 113 heavy (non-hydrogen) atoms. The summed E-state index contributed by atoms with van der Waals surface area (Å²) >= 11 is 0. The summed E-state index contributed by atoms with van der Waals surface area (Å²) in [6, 6.07) is 115. The molecule has 0 spiro atoms. The maximum atomic E-state index is 6.51. The first-order chi connectivity index (χ1) is 54.9. The van der Waals surface area contributed by atoms with Gasteiger partial charge in [-0.05, 0) is 116 Å². The van der Waals surface area contributed by atoms with Crippen molar-refractivity contribution in [2.45, 2.75) is 67.0 Å². The lowest BCUT2D eigenvalue weighted by molar-refractivity contribution is 0.415. The summed E-state index contributed by atoms with van der Waals surface area (Å²) in [5, 5.41) is 9.16. The molecule has 546 valence electrons. The molecule has 15 aromatic carbocycles. The largest absolute Gasteiger partial charge is 0.497 e. The van der Waals surface area contributed by atoms with Gasteiger partial charge in [0.15, 0.2) is 0 Å². The fraction of sp³-hybridized carbons (Fsp3) is 0.107. The first kappa shape index (κ1) is 72.1. The Balaban J connectivity index is 1.09. The van der Waals surface area contributed by atoms with Crippen molar-refractivity contribution in [3.05, 3.63) is 338 Å². The van der Waals surface area contributed by atoms with Crippen molar-refractivity contribution in [1.82, 2.24) is 29.9 Å². The molecule has 10 heteroatoms. The van der Waals surface area contributed by atoms with Gasteiger partial charge in [-0.15, -0.1) is 0 Å². The second kappa shape index (κ2) is 29.3. The zero-order valence-electron chi connectivity index (χ0n) is 65.6. The van der Waals surface area contributed by atoms with Crippen molar-refractivity contribution < 1.29 is 4.74 Å². The molecule has 0 aliphatic carbocycles. The molecule has 0 aliphatic rings. The van der Waals surface area contributed by atoms with Crippen LogP contribution in [0, 0.1) is 27.7 Å². The minimum atomic E-state index is -1.76. The Hall–Kier alpha value is -12.5. The number of nitrogens with zero attached hydrogens (tertiary/aromatic N) is 6. The van der Waals surface area contributed by atoms with E-state index >= 15 is 0 Å². The van der Waals surface area contributed by atoms with Crippen LogP contribution in [0.4, 0.5) is 0 Å². The second-order valence-electron chi connectivity index (χ2n) is 32.0. The van der Waals surface area contributed by atoms with E-state index in [4.69, 9.17) is 34.6 Å². The Morgan fingerprint density at radius 3 is 0.982 bits per heavy atom. The normalized spacial score (nSPS) is 11.9. The molecule has 3 heterocycles. The van der Waals surface area contributed by atoms with Gasteiger partial charge in [0, 0.05) is 46.9 Å². The number of aryl methyl sites for hydroxylation is 4. The van der Waals surface area contributed by atoms with E-state index in [1.165, 1.54) is 15.9 Å². The molecule has 0 bridgehead atoms. The van der Waals surface area contributed by atoms with Crippen LogP contribution < -0.4 is 31.2 Å². The standard InChI is InChI=1S/C103H85N6OPSi2/c1-64-29-37-70(38-30-64)82-57-58-83(71-39-31-65(2)32-40-71)93-92(82)104-98(89-56-50-68-21-18-19-27-81(68)91(89)88-28-20-22-69-45-51-76(110-5)63-90(69)88)99(105-93)100-101(107-95-86(75-48-54-80(55-49-75)113(9,10)11)60-59-85(94(95)106-100)74-46-52-79(53-47-74)112(6,7)8)102-103(111(77-23-14-12-15-24-77)78-25-16-13-17-26-78)109-97-87(73-43-35-67(4)36-44-73)62-61-84(96(97)108-102)72-41-33-66(3)34-42-72/h12-63H,1-11H3. The molecule has 18 aromatic rings. The highest BCUT2D eigenvalue weighted by molar-refractivity contribution is 7.79. The predicted octanol–water partition coefficient (Wildman–Crippen LogP) is 24.6. The minimum Gasteiger partial charge on any atom is -0.497 e. The number of aromatic nitrogens is 6.